The Morgan fingerprint density at radius 1 is 1.40 bits per heavy atom. The van der Waals surface area contributed by atoms with E-state index in [-0.39, 0.29) is 11.7 Å². The van der Waals surface area contributed by atoms with Crippen LogP contribution in [-0.2, 0) is 0 Å². The molecular weight excluding hydrogens is 252 g/mol. The molecule has 4 nitrogen and oxygen atoms in total. The number of hydrogen-bond donors (Lipinski definition) is 2. The molecule has 4 heteroatoms. The standard InChI is InChI=1S/C16H22N2O2/c1-18(9-12-7-10-2-3-11(12)6-10)16(20)14-8-13(19)4-5-15(14)17/h4-5,8,10-12,19H,2-3,6-7,9,17H2,1H3. The van der Waals surface area contributed by atoms with E-state index >= 15 is 0 Å². The highest BCUT2D eigenvalue weighted by molar-refractivity contribution is 5.99. The predicted molar refractivity (Wildman–Crippen MR) is 78.4 cm³/mol. The van der Waals surface area contributed by atoms with Crippen LogP contribution in [0.15, 0.2) is 18.2 Å². The zero-order valence-electron chi connectivity index (χ0n) is 11.9. The lowest BCUT2D eigenvalue weighted by molar-refractivity contribution is 0.0755. The van der Waals surface area contributed by atoms with Gasteiger partial charge in [0.1, 0.15) is 5.75 Å². The second kappa shape index (κ2) is 5.00. The highest BCUT2D eigenvalue weighted by Crippen LogP contribution is 2.48. The average Bonchev–Trinajstić information content (AvgIpc) is 3.03. The molecular formula is C16H22N2O2. The smallest absolute Gasteiger partial charge is 0.255 e. The number of carbonyl (C=O) groups is 1. The van der Waals surface area contributed by atoms with Crippen molar-refractivity contribution in [1.82, 2.24) is 4.90 Å². The third-order valence-electron chi connectivity index (χ3n) is 5.01. The molecule has 1 amide bonds. The number of phenols is 1. The second-order valence-corrected chi connectivity index (χ2v) is 6.39. The van der Waals surface area contributed by atoms with E-state index < -0.39 is 0 Å². The van der Waals surface area contributed by atoms with E-state index in [1.54, 1.807) is 11.0 Å². The Morgan fingerprint density at radius 3 is 2.85 bits per heavy atom. The number of nitrogens with zero attached hydrogens (tertiary/aromatic N) is 1. The maximum absolute atomic E-state index is 12.4. The number of amides is 1. The number of benzene rings is 1. The van der Waals surface area contributed by atoms with Gasteiger partial charge in [0.2, 0.25) is 0 Å². The Morgan fingerprint density at radius 2 is 2.20 bits per heavy atom. The normalized spacial score (nSPS) is 27.8. The Balaban J connectivity index is 1.69. The van der Waals surface area contributed by atoms with E-state index in [0.29, 0.717) is 17.2 Å². The van der Waals surface area contributed by atoms with Crippen LogP contribution in [0.2, 0.25) is 0 Å². The second-order valence-electron chi connectivity index (χ2n) is 6.39. The van der Waals surface area contributed by atoms with Crippen LogP contribution in [0.5, 0.6) is 5.75 Å². The Kier molecular flexibility index (Phi) is 3.32. The van der Waals surface area contributed by atoms with E-state index in [0.717, 1.165) is 18.4 Å². The van der Waals surface area contributed by atoms with Crippen LogP contribution in [0.4, 0.5) is 5.69 Å². The SMILES string of the molecule is CN(CC1CC2CCC1C2)C(=O)c1cc(O)ccc1N. The fraction of sp³-hybridized carbons (Fsp3) is 0.562. The number of rotatable bonds is 3. The number of phenolic OH excluding ortho intramolecular Hbond substituents is 1. The maximum atomic E-state index is 12.4. The molecule has 2 bridgehead atoms. The Labute approximate surface area is 119 Å². The number of carbonyl (C=O) groups excluding carboxylic acids is 1. The number of fused-ring (bicyclic) bond motifs is 2. The lowest BCUT2D eigenvalue weighted by atomic mass is 9.88. The van der Waals surface area contributed by atoms with Gasteiger partial charge in [-0.05, 0) is 55.2 Å². The summed E-state index contributed by atoms with van der Waals surface area (Å²) in [6.45, 7) is 0.801. The highest BCUT2D eigenvalue weighted by atomic mass is 16.3. The van der Waals surface area contributed by atoms with Crippen LogP contribution < -0.4 is 5.73 Å². The molecule has 3 rings (SSSR count). The van der Waals surface area contributed by atoms with Crippen molar-refractivity contribution >= 4 is 11.6 Å². The monoisotopic (exact) mass is 274 g/mol. The summed E-state index contributed by atoms with van der Waals surface area (Å²) in [6.07, 6.45) is 5.31. The topological polar surface area (TPSA) is 66.6 Å². The third-order valence-corrected chi connectivity index (χ3v) is 5.01. The third kappa shape index (κ3) is 2.35. The first-order valence-corrected chi connectivity index (χ1v) is 7.38. The van der Waals surface area contributed by atoms with E-state index in [1.165, 1.54) is 37.8 Å². The minimum absolute atomic E-state index is 0.0795. The van der Waals surface area contributed by atoms with E-state index in [1.807, 2.05) is 7.05 Å². The predicted octanol–water partition coefficient (Wildman–Crippen LogP) is 2.48. The molecule has 2 aliphatic rings. The van der Waals surface area contributed by atoms with E-state index in [2.05, 4.69) is 0 Å². The summed E-state index contributed by atoms with van der Waals surface area (Å²) < 4.78 is 0. The lowest BCUT2D eigenvalue weighted by Gasteiger charge is -2.27. The van der Waals surface area contributed by atoms with Crippen molar-refractivity contribution in [2.24, 2.45) is 17.8 Å². The van der Waals surface area contributed by atoms with Gasteiger partial charge in [-0.2, -0.15) is 0 Å². The minimum Gasteiger partial charge on any atom is -0.508 e. The first kappa shape index (κ1) is 13.3. The van der Waals surface area contributed by atoms with E-state index in [4.69, 9.17) is 5.73 Å². The molecule has 2 aliphatic carbocycles. The van der Waals surface area contributed by atoms with Crippen molar-refractivity contribution in [2.75, 3.05) is 19.3 Å². The van der Waals surface area contributed by atoms with Crippen LogP contribution in [0, 0.1) is 17.8 Å². The molecule has 2 saturated carbocycles. The van der Waals surface area contributed by atoms with Crippen LogP contribution >= 0.6 is 0 Å². The summed E-state index contributed by atoms with van der Waals surface area (Å²) in [4.78, 5) is 14.2. The first-order chi connectivity index (χ1) is 9.54. The molecule has 3 unspecified atom stereocenters. The molecule has 0 aromatic heterocycles. The van der Waals surface area contributed by atoms with Gasteiger partial charge in [-0.3, -0.25) is 4.79 Å². The fourth-order valence-electron chi connectivity index (χ4n) is 3.97. The van der Waals surface area contributed by atoms with Gasteiger partial charge in [-0.25, -0.2) is 0 Å². The van der Waals surface area contributed by atoms with Crippen LogP contribution in [-0.4, -0.2) is 29.5 Å². The summed E-state index contributed by atoms with van der Waals surface area (Å²) in [5.74, 6) is 2.31. The Hall–Kier alpha value is -1.71. The lowest BCUT2D eigenvalue weighted by Crippen LogP contribution is -2.34. The van der Waals surface area contributed by atoms with E-state index in [9.17, 15) is 9.90 Å². The molecule has 1 aromatic carbocycles. The summed E-state index contributed by atoms with van der Waals surface area (Å²) in [6, 6.07) is 4.53. The zero-order valence-corrected chi connectivity index (χ0v) is 11.9. The molecule has 0 spiro atoms. The average molecular weight is 274 g/mol. The number of aromatic hydroxyl groups is 1. The molecule has 1 aromatic rings. The molecule has 108 valence electrons. The van der Waals surface area contributed by atoms with Crippen molar-refractivity contribution in [2.45, 2.75) is 25.7 Å². The molecule has 0 heterocycles. The van der Waals surface area contributed by atoms with Gasteiger partial charge in [0, 0.05) is 19.3 Å². The zero-order chi connectivity index (χ0) is 14.3. The van der Waals surface area contributed by atoms with Crippen LogP contribution in [0.3, 0.4) is 0 Å². The quantitative estimate of drug-likeness (QED) is 0.657. The van der Waals surface area contributed by atoms with Gasteiger partial charge in [0.05, 0.1) is 5.56 Å². The van der Waals surface area contributed by atoms with Gasteiger partial charge in [0.15, 0.2) is 0 Å². The number of hydrogen-bond acceptors (Lipinski definition) is 3. The highest BCUT2D eigenvalue weighted by Gasteiger charge is 2.40. The molecule has 3 atom stereocenters. The first-order valence-electron chi connectivity index (χ1n) is 7.38. The molecule has 20 heavy (non-hydrogen) atoms. The van der Waals surface area contributed by atoms with Gasteiger partial charge in [-0.1, -0.05) is 6.42 Å². The molecule has 0 saturated heterocycles. The number of anilines is 1. The maximum Gasteiger partial charge on any atom is 0.255 e. The Bertz CT molecular complexity index is 529. The fourth-order valence-corrected chi connectivity index (χ4v) is 3.97. The summed E-state index contributed by atoms with van der Waals surface area (Å²) in [5, 5.41) is 9.51. The van der Waals surface area contributed by atoms with Gasteiger partial charge in [-0.15, -0.1) is 0 Å². The van der Waals surface area contributed by atoms with Crippen molar-refractivity contribution in [3.05, 3.63) is 23.8 Å². The molecule has 3 N–H and O–H groups in total. The van der Waals surface area contributed by atoms with Crippen molar-refractivity contribution in [3.8, 4) is 5.75 Å². The molecule has 0 aliphatic heterocycles. The van der Waals surface area contributed by atoms with Gasteiger partial charge >= 0.3 is 0 Å². The molecule has 0 radical (unpaired) electrons. The minimum atomic E-state index is -0.0961. The number of nitrogen functional groups attached to an aromatic ring is 1. The molecule has 2 fully saturated rings. The van der Waals surface area contributed by atoms with Gasteiger partial charge < -0.3 is 15.7 Å². The van der Waals surface area contributed by atoms with Crippen molar-refractivity contribution in [3.63, 3.8) is 0 Å². The van der Waals surface area contributed by atoms with Crippen LogP contribution in [0.25, 0.3) is 0 Å². The summed E-state index contributed by atoms with van der Waals surface area (Å²) in [5.41, 5.74) is 6.66. The summed E-state index contributed by atoms with van der Waals surface area (Å²) in [7, 11) is 1.83. The van der Waals surface area contributed by atoms with Crippen LogP contribution in [0.1, 0.15) is 36.0 Å². The van der Waals surface area contributed by atoms with Crippen molar-refractivity contribution in [1.29, 1.82) is 0 Å². The van der Waals surface area contributed by atoms with Gasteiger partial charge in [0.25, 0.3) is 5.91 Å². The number of nitrogens with two attached hydrogens (primary N) is 1. The summed E-state index contributed by atoms with van der Waals surface area (Å²) >= 11 is 0. The van der Waals surface area contributed by atoms with Crippen molar-refractivity contribution < 1.29 is 9.90 Å². The largest absolute Gasteiger partial charge is 0.508 e.